The minimum absolute atomic E-state index is 0.0788. The summed E-state index contributed by atoms with van der Waals surface area (Å²) in [5, 5.41) is 3.40. The predicted molar refractivity (Wildman–Crippen MR) is 66.6 cm³/mol. The van der Waals surface area contributed by atoms with Gasteiger partial charge in [-0.25, -0.2) is 4.79 Å². The smallest absolute Gasteiger partial charge is 0.316 e. The monoisotopic (exact) mass is 225 g/mol. The quantitative estimate of drug-likeness (QED) is 0.709. The summed E-state index contributed by atoms with van der Waals surface area (Å²) in [4.78, 5) is 11.5. The zero-order valence-corrected chi connectivity index (χ0v) is 10.6. The van der Waals surface area contributed by atoms with Gasteiger partial charge in [-0.2, -0.15) is 0 Å². The van der Waals surface area contributed by atoms with Crippen LogP contribution in [0.25, 0.3) is 0 Å². The summed E-state index contributed by atoms with van der Waals surface area (Å²) in [6, 6.07) is 0. The highest BCUT2D eigenvalue weighted by atomic mass is 16.1. The normalized spacial score (nSPS) is 11.2. The van der Waals surface area contributed by atoms with E-state index in [0.29, 0.717) is 5.92 Å². The molecular formula is C12H23N3O. The number of aromatic nitrogens is 2. The van der Waals surface area contributed by atoms with E-state index < -0.39 is 0 Å². The first kappa shape index (κ1) is 13.0. The van der Waals surface area contributed by atoms with Crippen molar-refractivity contribution in [3.05, 3.63) is 22.9 Å². The molecule has 16 heavy (non-hydrogen) atoms. The van der Waals surface area contributed by atoms with Crippen molar-refractivity contribution in [3.8, 4) is 0 Å². The Bertz CT molecular complexity index is 351. The Balaban J connectivity index is 2.12. The molecule has 1 aromatic rings. The topological polar surface area (TPSA) is 39.0 Å². The molecule has 0 bridgehead atoms. The first-order valence-electron chi connectivity index (χ1n) is 6.03. The summed E-state index contributed by atoms with van der Waals surface area (Å²) in [5.41, 5.74) is 0.0788. The molecule has 0 aliphatic heterocycles. The largest absolute Gasteiger partial charge is 0.327 e. The number of aryl methyl sites for hydroxylation is 2. The Morgan fingerprint density at radius 1 is 1.31 bits per heavy atom. The molecule has 0 fully saturated rings. The molecule has 1 heterocycles. The van der Waals surface area contributed by atoms with E-state index in [1.54, 1.807) is 22.4 Å². The van der Waals surface area contributed by atoms with Crippen LogP contribution in [0.15, 0.2) is 17.2 Å². The molecule has 1 N–H and O–H groups in total. The molecule has 92 valence electrons. The lowest BCUT2D eigenvalue weighted by atomic mass is 10.2. The van der Waals surface area contributed by atoms with Gasteiger partial charge in [-0.05, 0) is 31.8 Å². The van der Waals surface area contributed by atoms with Gasteiger partial charge >= 0.3 is 5.69 Å². The van der Waals surface area contributed by atoms with Crippen molar-refractivity contribution >= 4 is 0 Å². The zero-order chi connectivity index (χ0) is 12.0. The van der Waals surface area contributed by atoms with Gasteiger partial charge in [-0.15, -0.1) is 0 Å². The lowest BCUT2D eigenvalue weighted by molar-refractivity contribution is 0.515. The van der Waals surface area contributed by atoms with E-state index in [2.05, 4.69) is 19.2 Å². The number of hydrogen-bond donors (Lipinski definition) is 1. The Hall–Kier alpha value is -1.03. The van der Waals surface area contributed by atoms with Crippen LogP contribution in [0.4, 0.5) is 0 Å². The SMILES string of the molecule is CC(C)CNCCCCn1ccn(C)c1=O. The van der Waals surface area contributed by atoms with Gasteiger partial charge in [0.05, 0.1) is 0 Å². The average molecular weight is 225 g/mol. The minimum Gasteiger partial charge on any atom is -0.316 e. The average Bonchev–Trinajstić information content (AvgIpc) is 2.54. The van der Waals surface area contributed by atoms with Crippen LogP contribution in [-0.2, 0) is 13.6 Å². The third-order valence-corrected chi connectivity index (χ3v) is 2.57. The van der Waals surface area contributed by atoms with Crippen molar-refractivity contribution in [1.29, 1.82) is 0 Å². The van der Waals surface area contributed by atoms with Crippen molar-refractivity contribution in [1.82, 2.24) is 14.5 Å². The van der Waals surface area contributed by atoms with E-state index in [4.69, 9.17) is 0 Å². The van der Waals surface area contributed by atoms with E-state index in [-0.39, 0.29) is 5.69 Å². The summed E-state index contributed by atoms with van der Waals surface area (Å²) in [5.74, 6) is 0.705. The molecule has 1 aromatic heterocycles. The Kier molecular flexibility index (Phi) is 5.32. The van der Waals surface area contributed by atoms with Gasteiger partial charge in [0.1, 0.15) is 0 Å². The highest BCUT2D eigenvalue weighted by Gasteiger charge is 1.98. The molecular weight excluding hydrogens is 202 g/mol. The molecule has 0 spiro atoms. The Morgan fingerprint density at radius 3 is 2.62 bits per heavy atom. The maximum Gasteiger partial charge on any atom is 0.327 e. The van der Waals surface area contributed by atoms with Crippen molar-refractivity contribution in [3.63, 3.8) is 0 Å². The molecule has 0 amide bonds. The summed E-state index contributed by atoms with van der Waals surface area (Å²) in [6.45, 7) is 7.35. The van der Waals surface area contributed by atoms with Crippen LogP contribution >= 0.6 is 0 Å². The summed E-state index contributed by atoms with van der Waals surface area (Å²) < 4.78 is 3.37. The van der Waals surface area contributed by atoms with E-state index in [1.165, 1.54) is 0 Å². The van der Waals surface area contributed by atoms with E-state index in [9.17, 15) is 4.79 Å². The third kappa shape index (κ3) is 4.23. The first-order valence-corrected chi connectivity index (χ1v) is 6.03. The van der Waals surface area contributed by atoms with E-state index >= 15 is 0 Å². The van der Waals surface area contributed by atoms with E-state index in [0.717, 1.165) is 32.5 Å². The van der Waals surface area contributed by atoms with Crippen LogP contribution < -0.4 is 11.0 Å². The highest BCUT2D eigenvalue weighted by Crippen LogP contribution is 1.93. The summed E-state index contributed by atoms with van der Waals surface area (Å²) >= 11 is 0. The van der Waals surface area contributed by atoms with Gasteiger partial charge in [-0.3, -0.25) is 4.57 Å². The molecule has 0 unspecified atom stereocenters. The predicted octanol–water partition coefficient (Wildman–Crippen LogP) is 1.21. The molecule has 0 aromatic carbocycles. The van der Waals surface area contributed by atoms with Gasteiger partial charge in [0.25, 0.3) is 0 Å². The first-order chi connectivity index (χ1) is 7.61. The van der Waals surface area contributed by atoms with Crippen molar-refractivity contribution in [2.75, 3.05) is 13.1 Å². The lowest BCUT2D eigenvalue weighted by Crippen LogP contribution is -2.23. The highest BCUT2D eigenvalue weighted by molar-refractivity contribution is 4.79. The fraction of sp³-hybridized carbons (Fsp3) is 0.750. The summed E-state index contributed by atoms with van der Waals surface area (Å²) in [6.07, 6.45) is 5.83. The fourth-order valence-electron chi connectivity index (χ4n) is 1.60. The second kappa shape index (κ2) is 6.53. The van der Waals surface area contributed by atoms with Crippen LogP contribution in [0, 0.1) is 5.92 Å². The van der Waals surface area contributed by atoms with Crippen LogP contribution in [0.3, 0.4) is 0 Å². The minimum atomic E-state index is 0.0788. The molecule has 0 radical (unpaired) electrons. The molecule has 4 heteroatoms. The van der Waals surface area contributed by atoms with Gasteiger partial charge in [0.15, 0.2) is 0 Å². The molecule has 0 saturated heterocycles. The van der Waals surface area contributed by atoms with Gasteiger partial charge < -0.3 is 9.88 Å². The van der Waals surface area contributed by atoms with Crippen LogP contribution in [-0.4, -0.2) is 22.2 Å². The molecule has 4 nitrogen and oxygen atoms in total. The van der Waals surface area contributed by atoms with E-state index in [1.807, 2.05) is 6.20 Å². The second-order valence-corrected chi connectivity index (χ2v) is 4.69. The molecule has 0 aliphatic carbocycles. The number of nitrogens with zero attached hydrogens (tertiary/aromatic N) is 2. The number of unbranched alkanes of at least 4 members (excludes halogenated alkanes) is 1. The Labute approximate surface area is 97.3 Å². The third-order valence-electron chi connectivity index (χ3n) is 2.57. The molecule has 0 aliphatic rings. The maximum absolute atomic E-state index is 11.5. The number of hydrogen-bond acceptors (Lipinski definition) is 2. The molecule has 1 rings (SSSR count). The maximum atomic E-state index is 11.5. The fourth-order valence-corrected chi connectivity index (χ4v) is 1.60. The van der Waals surface area contributed by atoms with Gasteiger partial charge in [0.2, 0.25) is 0 Å². The van der Waals surface area contributed by atoms with Crippen molar-refractivity contribution in [2.45, 2.75) is 33.2 Å². The number of nitrogens with one attached hydrogen (secondary N) is 1. The van der Waals surface area contributed by atoms with Gasteiger partial charge in [-0.1, -0.05) is 13.8 Å². The number of imidazole rings is 1. The molecule has 0 saturated carbocycles. The lowest BCUT2D eigenvalue weighted by Gasteiger charge is -2.07. The molecule has 0 atom stereocenters. The zero-order valence-electron chi connectivity index (χ0n) is 10.6. The summed E-state index contributed by atoms with van der Waals surface area (Å²) in [7, 11) is 1.78. The standard InChI is InChI=1S/C12H23N3O/c1-11(2)10-13-6-4-5-7-15-9-8-14(3)12(15)16/h8-9,11,13H,4-7,10H2,1-3H3. The van der Waals surface area contributed by atoms with Crippen LogP contribution in [0.2, 0.25) is 0 Å². The Morgan fingerprint density at radius 2 is 2.06 bits per heavy atom. The number of rotatable bonds is 7. The van der Waals surface area contributed by atoms with Crippen molar-refractivity contribution in [2.24, 2.45) is 13.0 Å². The van der Waals surface area contributed by atoms with Crippen LogP contribution in [0.5, 0.6) is 0 Å². The van der Waals surface area contributed by atoms with Crippen LogP contribution in [0.1, 0.15) is 26.7 Å². The second-order valence-electron chi connectivity index (χ2n) is 4.69. The van der Waals surface area contributed by atoms with Gasteiger partial charge in [0, 0.05) is 26.0 Å². The van der Waals surface area contributed by atoms with Crippen molar-refractivity contribution < 1.29 is 0 Å².